The minimum atomic E-state index is -6.59. The van der Waals surface area contributed by atoms with E-state index in [4.69, 9.17) is 0 Å². The quantitative estimate of drug-likeness (QED) is 0.165. The molecular formula is C20H22BaF14O4. The zero-order valence-electron chi connectivity index (χ0n) is 21.0. The maximum Gasteiger partial charge on any atom is 0.460 e. The van der Waals surface area contributed by atoms with E-state index in [2.05, 4.69) is 0 Å². The molecule has 0 aromatic heterocycles. The normalized spacial score (nSPS) is 14.1. The Kier molecular flexibility index (Phi) is 14.3. The van der Waals surface area contributed by atoms with Crippen molar-refractivity contribution in [1.29, 1.82) is 0 Å². The number of carbonyl (C=O) groups excluding carboxylic acids is 4. The molecule has 0 aromatic carbocycles. The maximum atomic E-state index is 12.9. The van der Waals surface area contributed by atoms with Crippen molar-refractivity contribution in [3.8, 4) is 0 Å². The Balaban J connectivity index is -0.000000648. The van der Waals surface area contributed by atoms with E-state index in [0.29, 0.717) is 0 Å². The van der Waals surface area contributed by atoms with Gasteiger partial charge in [-0.3, -0.25) is 19.2 Å². The van der Waals surface area contributed by atoms with Gasteiger partial charge in [-0.05, 0) is 0 Å². The van der Waals surface area contributed by atoms with Crippen molar-refractivity contribution >= 4 is 72.0 Å². The number of rotatable bonds is 8. The Morgan fingerprint density at radius 3 is 0.718 bits per heavy atom. The molecule has 0 unspecified atom stereocenters. The van der Waals surface area contributed by atoms with Gasteiger partial charge in [0.1, 0.15) is 11.6 Å². The number of hydrogen-bond donors (Lipinski definition) is 0. The van der Waals surface area contributed by atoms with Gasteiger partial charge in [0.15, 0.2) is 0 Å². The number of halogens is 14. The minimum absolute atomic E-state index is 0. The van der Waals surface area contributed by atoms with Crippen LogP contribution in [0.15, 0.2) is 0 Å². The van der Waals surface area contributed by atoms with Gasteiger partial charge in [0.25, 0.3) is 0 Å². The zero-order valence-corrected chi connectivity index (χ0v) is 25.5. The van der Waals surface area contributed by atoms with Crippen molar-refractivity contribution in [1.82, 2.24) is 0 Å². The molecule has 39 heavy (non-hydrogen) atoms. The largest absolute Gasteiger partial charge is 0.460 e. The summed E-state index contributed by atoms with van der Waals surface area (Å²) in [6.07, 6.45) is -16.6. The predicted molar refractivity (Wildman–Crippen MR) is 106 cm³/mol. The fourth-order valence-corrected chi connectivity index (χ4v) is 1.75. The van der Waals surface area contributed by atoms with Gasteiger partial charge >= 0.3 is 36.0 Å². The summed E-state index contributed by atoms with van der Waals surface area (Å²) < 4.78 is 172. The first-order valence-electron chi connectivity index (χ1n) is 9.88. The third-order valence-electron chi connectivity index (χ3n) is 4.52. The maximum absolute atomic E-state index is 12.9. The summed E-state index contributed by atoms with van der Waals surface area (Å²) >= 11 is 0. The Morgan fingerprint density at radius 2 is 0.590 bits per heavy atom. The van der Waals surface area contributed by atoms with Crippen LogP contribution < -0.4 is 0 Å². The molecule has 0 aliphatic carbocycles. The van der Waals surface area contributed by atoms with Gasteiger partial charge in [0.05, 0.1) is 12.8 Å². The summed E-state index contributed by atoms with van der Waals surface area (Å²) in [6, 6.07) is 0. The fourth-order valence-electron chi connectivity index (χ4n) is 1.75. The summed E-state index contributed by atoms with van der Waals surface area (Å²) in [4.78, 5) is 44.2. The van der Waals surface area contributed by atoms with Gasteiger partial charge in [-0.15, -0.1) is 0 Å². The molecule has 0 N–H and O–H groups in total. The van der Waals surface area contributed by atoms with Crippen LogP contribution in [0.2, 0.25) is 0 Å². The van der Waals surface area contributed by atoms with E-state index in [-0.39, 0.29) is 48.9 Å². The van der Waals surface area contributed by atoms with Crippen LogP contribution in [0.25, 0.3) is 0 Å². The topological polar surface area (TPSA) is 68.3 Å². The molecule has 0 spiro atoms. The van der Waals surface area contributed by atoms with E-state index < -0.39 is 82.8 Å². The van der Waals surface area contributed by atoms with E-state index >= 15 is 0 Å². The van der Waals surface area contributed by atoms with Crippen LogP contribution in [0.3, 0.4) is 0 Å². The van der Waals surface area contributed by atoms with Gasteiger partial charge in [-0.1, -0.05) is 41.5 Å². The molecule has 0 saturated carbocycles. The summed E-state index contributed by atoms with van der Waals surface area (Å²) in [5.41, 5.74) is -2.61. The summed E-state index contributed by atoms with van der Waals surface area (Å²) in [6.45, 7) is 7.27. The monoisotopic (exact) mass is 730 g/mol. The van der Waals surface area contributed by atoms with Crippen molar-refractivity contribution in [2.45, 2.75) is 90.4 Å². The molecule has 0 heterocycles. The number of alkyl halides is 14. The van der Waals surface area contributed by atoms with Crippen LogP contribution in [0.1, 0.15) is 54.4 Å². The first kappa shape index (κ1) is 42.7. The van der Waals surface area contributed by atoms with Crippen LogP contribution in [0, 0.1) is 10.8 Å². The summed E-state index contributed by atoms with van der Waals surface area (Å²) in [7, 11) is 0. The molecule has 0 atom stereocenters. The van der Waals surface area contributed by atoms with Gasteiger partial charge in [0.2, 0.25) is 11.6 Å². The molecule has 0 bridgehead atoms. The average molecular weight is 730 g/mol. The summed E-state index contributed by atoms with van der Waals surface area (Å²) in [5, 5.41) is 0. The molecule has 0 aromatic rings. The van der Waals surface area contributed by atoms with E-state index in [9.17, 15) is 80.6 Å². The smallest absolute Gasteiger partial charge is 0.299 e. The van der Waals surface area contributed by atoms with Crippen LogP contribution in [0.4, 0.5) is 61.5 Å². The first-order chi connectivity index (χ1) is 16.1. The Morgan fingerprint density at radius 1 is 0.410 bits per heavy atom. The van der Waals surface area contributed by atoms with Crippen molar-refractivity contribution in [3.63, 3.8) is 0 Å². The Bertz CT molecular complexity index is 833. The molecule has 0 rings (SSSR count). The van der Waals surface area contributed by atoms with Crippen LogP contribution in [-0.2, 0) is 19.2 Å². The third-order valence-corrected chi connectivity index (χ3v) is 4.52. The molecule has 0 aliphatic heterocycles. The Labute approximate surface area is 252 Å². The van der Waals surface area contributed by atoms with E-state index in [0.717, 1.165) is 0 Å². The van der Waals surface area contributed by atoms with Crippen molar-refractivity contribution < 1.29 is 80.6 Å². The van der Waals surface area contributed by atoms with Crippen LogP contribution in [0.5, 0.6) is 0 Å². The van der Waals surface area contributed by atoms with E-state index in [1.807, 2.05) is 0 Å². The second-order valence-corrected chi connectivity index (χ2v) is 9.84. The van der Waals surface area contributed by atoms with E-state index in [1.54, 1.807) is 0 Å². The van der Waals surface area contributed by atoms with Crippen molar-refractivity contribution in [3.05, 3.63) is 0 Å². The molecule has 0 saturated heterocycles. The molecule has 0 fully saturated rings. The van der Waals surface area contributed by atoms with Crippen LogP contribution >= 0.6 is 0 Å². The van der Waals surface area contributed by atoms with Gasteiger partial charge in [-0.25, -0.2) is 0 Å². The molecular weight excluding hydrogens is 708 g/mol. The SMILES string of the molecule is CC(C)(C)C(=O)CC(=O)C(F)(F)C(F)(F)C(F)(F)F.CC(C)(C)C(=O)CC(=O)C(F)(F)C(F)(F)C(F)(F)F.[Ba]. The number of carbonyl (C=O) groups is 4. The number of Topliss-reactive ketones (excluding diaryl/α,β-unsaturated/α-hetero) is 4. The van der Waals surface area contributed by atoms with Gasteiger partial charge in [0, 0.05) is 59.7 Å². The minimum Gasteiger partial charge on any atom is -0.299 e. The Hall–Kier alpha value is -0.729. The summed E-state index contributed by atoms with van der Waals surface area (Å²) in [5.74, 6) is -32.8. The molecule has 19 heteroatoms. The third kappa shape index (κ3) is 10.2. The second-order valence-electron chi connectivity index (χ2n) is 9.84. The number of hydrogen-bond acceptors (Lipinski definition) is 4. The molecule has 2 radical (unpaired) electrons. The average Bonchev–Trinajstić information content (AvgIpc) is 2.64. The molecule has 226 valence electrons. The molecule has 0 aliphatic rings. The van der Waals surface area contributed by atoms with E-state index in [1.165, 1.54) is 41.5 Å². The number of ketones is 4. The standard InChI is InChI=1S/2C10H11F7O2.Ba/c2*1-7(2,3)5(18)4-6(19)8(11,12)9(13,14)10(15,16)17;/h2*4H2,1-3H3;. The van der Waals surface area contributed by atoms with Gasteiger partial charge < -0.3 is 0 Å². The predicted octanol–water partition coefficient (Wildman–Crippen LogP) is 6.41. The fraction of sp³-hybridized carbons (Fsp3) is 0.800. The zero-order chi connectivity index (χ0) is 31.7. The second kappa shape index (κ2) is 13.1. The van der Waals surface area contributed by atoms with Gasteiger partial charge in [-0.2, -0.15) is 61.5 Å². The van der Waals surface area contributed by atoms with Crippen molar-refractivity contribution in [2.75, 3.05) is 0 Å². The first-order valence-corrected chi connectivity index (χ1v) is 9.88. The molecule has 0 amide bonds. The van der Waals surface area contributed by atoms with Crippen LogP contribution in [-0.4, -0.2) is 108 Å². The van der Waals surface area contributed by atoms with Crippen molar-refractivity contribution in [2.24, 2.45) is 10.8 Å². The molecule has 4 nitrogen and oxygen atoms in total.